The van der Waals surface area contributed by atoms with Crippen molar-refractivity contribution in [2.75, 3.05) is 32.7 Å². The lowest BCUT2D eigenvalue weighted by Gasteiger charge is -2.30. The summed E-state index contributed by atoms with van der Waals surface area (Å²) in [6.07, 6.45) is 1.51. The first-order valence-electron chi connectivity index (χ1n) is 11.4. The van der Waals surface area contributed by atoms with Gasteiger partial charge in [-0.15, -0.1) is 0 Å². The van der Waals surface area contributed by atoms with E-state index in [0.29, 0.717) is 41.1 Å². The number of benzene rings is 2. The van der Waals surface area contributed by atoms with Crippen LogP contribution in [0.2, 0.25) is 0 Å². The molecule has 1 aromatic heterocycles. The molecule has 0 saturated carbocycles. The van der Waals surface area contributed by atoms with E-state index in [1.807, 2.05) is 13.8 Å². The number of aliphatic carboxylic acids is 1. The van der Waals surface area contributed by atoms with Crippen molar-refractivity contribution in [1.82, 2.24) is 9.47 Å². The van der Waals surface area contributed by atoms with E-state index in [-0.39, 0.29) is 5.69 Å². The molecule has 1 N–H and O–H groups in total. The number of hydrogen-bond acceptors (Lipinski definition) is 5. The number of ether oxygens (including phenoxy) is 2. The van der Waals surface area contributed by atoms with Crippen molar-refractivity contribution in [2.24, 2.45) is 0 Å². The average molecular weight is 482 g/mol. The predicted molar refractivity (Wildman–Crippen MR) is 134 cm³/mol. The van der Waals surface area contributed by atoms with E-state index in [0.717, 1.165) is 16.9 Å². The first kappa shape index (κ1) is 25.6. The maximum Gasteiger partial charge on any atom is 0.331 e. The molecule has 0 fully saturated rings. The van der Waals surface area contributed by atoms with Gasteiger partial charge in [0.15, 0.2) is 0 Å². The van der Waals surface area contributed by atoms with Crippen LogP contribution in [0.1, 0.15) is 35.8 Å². The minimum Gasteiger partial charge on any atom is -0.494 e. The number of para-hydroxylation sites is 1. The summed E-state index contributed by atoms with van der Waals surface area (Å²) in [6, 6.07) is 11.7. The van der Waals surface area contributed by atoms with Crippen molar-refractivity contribution >= 4 is 34.5 Å². The first-order chi connectivity index (χ1) is 16.7. The van der Waals surface area contributed by atoms with Gasteiger partial charge in [-0.2, -0.15) is 0 Å². The lowest BCUT2D eigenvalue weighted by atomic mass is 10.1. The maximum absolute atomic E-state index is 13.7. The lowest BCUT2D eigenvalue weighted by molar-refractivity contribution is -0.137. The summed E-state index contributed by atoms with van der Waals surface area (Å²) >= 11 is 0. The number of aromatic nitrogens is 1. The summed E-state index contributed by atoms with van der Waals surface area (Å²) in [4.78, 5) is 41.3. The van der Waals surface area contributed by atoms with Crippen LogP contribution in [-0.2, 0) is 11.3 Å². The fraction of sp³-hybridized carbons (Fsp3) is 0.346. The number of unbranched alkanes of at least 4 members (excludes halogenated alkanes) is 1. The Balaban J connectivity index is 2.06. The van der Waals surface area contributed by atoms with Crippen LogP contribution in [0.5, 0.6) is 11.5 Å². The van der Waals surface area contributed by atoms with E-state index < -0.39 is 24.5 Å². The molecule has 3 amide bonds. The number of fused-ring (bicyclic) bond motifs is 1. The zero-order chi connectivity index (χ0) is 25.7. The van der Waals surface area contributed by atoms with Crippen molar-refractivity contribution < 1.29 is 29.0 Å². The Bertz CT molecular complexity index is 1220. The Morgan fingerprint density at radius 2 is 1.66 bits per heavy atom. The van der Waals surface area contributed by atoms with Crippen LogP contribution in [0, 0.1) is 6.92 Å². The van der Waals surface area contributed by atoms with Gasteiger partial charge in [0.25, 0.3) is 5.91 Å². The number of carboxylic acids is 1. The molecule has 9 nitrogen and oxygen atoms in total. The van der Waals surface area contributed by atoms with Crippen LogP contribution >= 0.6 is 0 Å². The van der Waals surface area contributed by atoms with E-state index in [1.165, 1.54) is 30.7 Å². The highest BCUT2D eigenvalue weighted by Crippen LogP contribution is 2.40. The molecule has 0 aliphatic heterocycles. The maximum atomic E-state index is 13.7. The molecule has 0 unspecified atom stereocenters. The van der Waals surface area contributed by atoms with Gasteiger partial charge >= 0.3 is 12.0 Å². The first-order valence-corrected chi connectivity index (χ1v) is 11.4. The highest BCUT2D eigenvalue weighted by atomic mass is 16.5. The number of hydrogen-bond donors (Lipinski definition) is 1. The number of rotatable bonds is 9. The van der Waals surface area contributed by atoms with Gasteiger partial charge in [0.1, 0.15) is 29.4 Å². The largest absolute Gasteiger partial charge is 0.494 e. The second kappa shape index (κ2) is 10.9. The smallest absolute Gasteiger partial charge is 0.331 e. The highest BCUT2D eigenvalue weighted by Gasteiger charge is 2.31. The molecular weight excluding hydrogens is 450 g/mol. The Labute approximate surface area is 204 Å². The van der Waals surface area contributed by atoms with Crippen LogP contribution in [0.3, 0.4) is 0 Å². The van der Waals surface area contributed by atoms with Crippen molar-refractivity contribution in [1.29, 1.82) is 0 Å². The number of imide groups is 1. The number of anilines is 1. The van der Waals surface area contributed by atoms with Gasteiger partial charge in [0, 0.05) is 24.5 Å². The number of urea groups is 1. The number of carbonyl (C=O) groups excluding carboxylic acids is 2. The predicted octanol–water partition coefficient (Wildman–Crippen LogP) is 4.55. The standard InChI is InChI=1S/C26H31N3O6/c1-6-7-12-28(24-21(34-4)13-17(2)14-22(24)35-5)26(33)27(3)25(32)20-15-18-10-8-9-11-19(18)29(20)16-23(30)31/h8-11,13-15H,6-7,12,16H2,1-5H3,(H,30,31). The minimum absolute atomic E-state index is 0.114. The average Bonchev–Trinajstić information content (AvgIpc) is 3.20. The number of aryl methyl sites for hydroxylation is 1. The number of carboxylic acid groups (broad SMARTS) is 1. The normalized spacial score (nSPS) is 10.8. The Kier molecular flexibility index (Phi) is 8.01. The minimum atomic E-state index is -1.09. The molecular formula is C26H31N3O6. The fourth-order valence-electron chi connectivity index (χ4n) is 4.04. The zero-order valence-electron chi connectivity index (χ0n) is 20.7. The molecule has 0 aliphatic carbocycles. The molecule has 0 saturated heterocycles. The summed E-state index contributed by atoms with van der Waals surface area (Å²) in [5.74, 6) is -0.800. The molecule has 3 aromatic rings. The third kappa shape index (κ3) is 5.24. The SMILES string of the molecule is CCCCN(C(=O)N(C)C(=O)c1cc2ccccc2n1CC(=O)O)c1c(OC)cc(C)cc1OC. The molecule has 2 aromatic carbocycles. The number of nitrogens with zero attached hydrogens (tertiary/aromatic N) is 3. The van der Waals surface area contributed by atoms with Crippen molar-refractivity contribution in [2.45, 2.75) is 33.2 Å². The number of amides is 3. The summed E-state index contributed by atoms with van der Waals surface area (Å²) in [7, 11) is 4.42. The second-order valence-corrected chi connectivity index (χ2v) is 8.24. The molecule has 0 spiro atoms. The monoisotopic (exact) mass is 481 g/mol. The van der Waals surface area contributed by atoms with Crippen molar-refractivity contribution in [3.63, 3.8) is 0 Å². The third-order valence-corrected chi connectivity index (χ3v) is 5.77. The number of methoxy groups -OCH3 is 2. The fourth-order valence-corrected chi connectivity index (χ4v) is 4.04. The van der Waals surface area contributed by atoms with Gasteiger partial charge in [-0.05, 0) is 43.2 Å². The number of carbonyl (C=O) groups is 3. The van der Waals surface area contributed by atoms with E-state index in [1.54, 1.807) is 42.5 Å². The molecule has 0 bridgehead atoms. The molecule has 0 radical (unpaired) electrons. The molecule has 186 valence electrons. The van der Waals surface area contributed by atoms with Crippen LogP contribution in [0.15, 0.2) is 42.5 Å². The third-order valence-electron chi connectivity index (χ3n) is 5.77. The van der Waals surface area contributed by atoms with Gasteiger partial charge in [-0.25, -0.2) is 4.79 Å². The van der Waals surface area contributed by atoms with Gasteiger partial charge in [-0.1, -0.05) is 31.5 Å². The van der Waals surface area contributed by atoms with E-state index >= 15 is 0 Å². The lowest BCUT2D eigenvalue weighted by Crippen LogP contribution is -2.45. The Morgan fingerprint density at radius 3 is 2.23 bits per heavy atom. The van der Waals surface area contributed by atoms with Crippen LogP contribution < -0.4 is 14.4 Å². The summed E-state index contributed by atoms with van der Waals surface area (Å²) in [5.41, 5.74) is 2.05. The topological polar surface area (TPSA) is 101 Å². The van der Waals surface area contributed by atoms with Gasteiger partial charge in [0.2, 0.25) is 0 Å². The Morgan fingerprint density at radius 1 is 1.03 bits per heavy atom. The van der Waals surface area contributed by atoms with Gasteiger partial charge in [0.05, 0.1) is 14.2 Å². The Hall–Kier alpha value is -4.01. The van der Waals surface area contributed by atoms with E-state index in [2.05, 4.69) is 0 Å². The molecule has 35 heavy (non-hydrogen) atoms. The molecule has 9 heteroatoms. The molecule has 1 heterocycles. The molecule has 0 aliphatic rings. The summed E-state index contributed by atoms with van der Waals surface area (Å²) in [6.45, 7) is 3.83. The molecule has 0 atom stereocenters. The van der Waals surface area contributed by atoms with Crippen LogP contribution in [0.4, 0.5) is 10.5 Å². The van der Waals surface area contributed by atoms with Crippen LogP contribution in [0.25, 0.3) is 10.9 Å². The van der Waals surface area contributed by atoms with Crippen LogP contribution in [-0.4, -0.2) is 60.3 Å². The summed E-state index contributed by atoms with van der Waals surface area (Å²) in [5, 5.41) is 10.1. The zero-order valence-corrected chi connectivity index (χ0v) is 20.7. The van der Waals surface area contributed by atoms with Gasteiger partial charge < -0.3 is 19.1 Å². The van der Waals surface area contributed by atoms with E-state index in [9.17, 15) is 19.5 Å². The van der Waals surface area contributed by atoms with Crippen molar-refractivity contribution in [3.8, 4) is 11.5 Å². The highest BCUT2D eigenvalue weighted by molar-refractivity contribution is 6.10. The van der Waals surface area contributed by atoms with E-state index in [4.69, 9.17) is 9.47 Å². The quantitative estimate of drug-likeness (QED) is 0.481. The second-order valence-electron chi connectivity index (χ2n) is 8.24. The summed E-state index contributed by atoms with van der Waals surface area (Å²) < 4.78 is 12.5. The molecule has 3 rings (SSSR count). The van der Waals surface area contributed by atoms with Crippen molar-refractivity contribution in [3.05, 3.63) is 53.7 Å². The van der Waals surface area contributed by atoms with Gasteiger partial charge in [-0.3, -0.25) is 19.4 Å².